The number of aryl methyl sites for hydroxylation is 1. The number of carbonyl (C=O) groups is 2. The molecule has 0 atom stereocenters. The fourth-order valence-corrected chi connectivity index (χ4v) is 3.17. The Morgan fingerprint density at radius 3 is 2.57 bits per heavy atom. The fourth-order valence-electron chi connectivity index (χ4n) is 3.17. The Bertz CT molecular complexity index is 1230. The predicted octanol–water partition coefficient (Wildman–Crippen LogP) is 4.12. The van der Waals surface area contributed by atoms with Gasteiger partial charge in [0.1, 0.15) is 5.69 Å². The molecule has 4 rings (SSSR count). The second-order valence-electron chi connectivity index (χ2n) is 6.87. The number of amides is 2. The molecule has 6 heteroatoms. The minimum atomic E-state index is -0.401. The van der Waals surface area contributed by atoms with Crippen molar-refractivity contribution >= 4 is 28.4 Å². The van der Waals surface area contributed by atoms with Crippen LogP contribution in [0.2, 0.25) is 0 Å². The summed E-state index contributed by atoms with van der Waals surface area (Å²) in [4.78, 5) is 33.7. The van der Waals surface area contributed by atoms with Crippen LogP contribution in [-0.2, 0) is 6.54 Å². The van der Waals surface area contributed by atoms with Crippen molar-refractivity contribution in [2.75, 3.05) is 5.32 Å². The van der Waals surface area contributed by atoms with Gasteiger partial charge in [0.25, 0.3) is 11.8 Å². The Morgan fingerprint density at radius 2 is 1.70 bits per heavy atom. The summed E-state index contributed by atoms with van der Waals surface area (Å²) in [6.07, 6.45) is 3.13. The summed E-state index contributed by atoms with van der Waals surface area (Å²) in [5, 5.41) is 6.65. The molecule has 0 aliphatic rings. The van der Waals surface area contributed by atoms with Crippen LogP contribution in [0.25, 0.3) is 10.9 Å². The number of aromatic nitrogens is 2. The van der Waals surface area contributed by atoms with Gasteiger partial charge in [-0.3, -0.25) is 19.6 Å². The number of benzene rings is 2. The molecule has 0 aliphatic heterocycles. The highest BCUT2D eigenvalue weighted by Crippen LogP contribution is 2.21. The molecule has 0 unspecified atom stereocenters. The van der Waals surface area contributed by atoms with E-state index >= 15 is 0 Å². The van der Waals surface area contributed by atoms with Crippen LogP contribution in [-0.4, -0.2) is 21.8 Å². The molecular formula is C24H20N4O2. The zero-order valence-corrected chi connectivity index (χ0v) is 16.4. The number of nitrogens with one attached hydrogen (secondary N) is 2. The average Bonchev–Trinajstić information content (AvgIpc) is 2.78. The number of rotatable bonds is 5. The Morgan fingerprint density at radius 1 is 0.867 bits per heavy atom. The van der Waals surface area contributed by atoms with E-state index in [1.165, 1.54) is 12.3 Å². The zero-order valence-electron chi connectivity index (χ0n) is 16.4. The van der Waals surface area contributed by atoms with E-state index < -0.39 is 5.91 Å². The highest BCUT2D eigenvalue weighted by Gasteiger charge is 2.14. The Labute approximate surface area is 174 Å². The van der Waals surface area contributed by atoms with Crippen LogP contribution in [0.5, 0.6) is 0 Å². The van der Waals surface area contributed by atoms with Crippen LogP contribution in [0.1, 0.15) is 32.0 Å². The highest BCUT2D eigenvalue weighted by molar-refractivity contribution is 6.08. The molecule has 0 fully saturated rings. The lowest BCUT2D eigenvalue weighted by atomic mass is 10.1. The molecule has 2 heterocycles. The standard InChI is InChI=1S/C24H20N4O2/c1-16-6-2-3-7-19(16)15-27-23(29)18-11-13-25-21(14-18)24(30)28-20-10-4-8-17-9-5-12-26-22(17)20/h2-14H,15H2,1H3,(H,27,29)(H,28,30). The normalized spacial score (nSPS) is 10.6. The van der Waals surface area contributed by atoms with Crippen LogP contribution in [0.15, 0.2) is 79.1 Å². The third-order valence-electron chi connectivity index (χ3n) is 4.84. The summed E-state index contributed by atoms with van der Waals surface area (Å²) < 4.78 is 0. The van der Waals surface area contributed by atoms with E-state index in [9.17, 15) is 9.59 Å². The summed E-state index contributed by atoms with van der Waals surface area (Å²) in [7, 11) is 0. The molecule has 2 aromatic heterocycles. The van der Waals surface area contributed by atoms with Crippen molar-refractivity contribution in [1.82, 2.24) is 15.3 Å². The predicted molar refractivity (Wildman–Crippen MR) is 116 cm³/mol. The lowest BCUT2D eigenvalue weighted by molar-refractivity contribution is 0.0950. The van der Waals surface area contributed by atoms with E-state index in [4.69, 9.17) is 0 Å². The van der Waals surface area contributed by atoms with Crippen LogP contribution in [0.4, 0.5) is 5.69 Å². The quantitative estimate of drug-likeness (QED) is 0.531. The van der Waals surface area contributed by atoms with Gasteiger partial charge in [0.05, 0.1) is 11.2 Å². The first-order valence-electron chi connectivity index (χ1n) is 9.56. The monoisotopic (exact) mass is 396 g/mol. The van der Waals surface area contributed by atoms with E-state index in [2.05, 4.69) is 20.6 Å². The lowest BCUT2D eigenvalue weighted by Crippen LogP contribution is -2.24. The first kappa shape index (κ1) is 19.3. The average molecular weight is 396 g/mol. The maximum absolute atomic E-state index is 12.7. The maximum atomic E-state index is 12.7. The number of fused-ring (bicyclic) bond motifs is 1. The topological polar surface area (TPSA) is 84.0 Å². The number of hydrogen-bond acceptors (Lipinski definition) is 4. The third kappa shape index (κ3) is 4.17. The van der Waals surface area contributed by atoms with Crippen molar-refractivity contribution in [3.05, 3.63) is 102 Å². The first-order chi connectivity index (χ1) is 14.6. The second-order valence-corrected chi connectivity index (χ2v) is 6.87. The smallest absolute Gasteiger partial charge is 0.274 e. The van der Waals surface area contributed by atoms with Crippen LogP contribution >= 0.6 is 0 Å². The van der Waals surface area contributed by atoms with Crippen molar-refractivity contribution in [2.45, 2.75) is 13.5 Å². The van der Waals surface area contributed by atoms with Crippen molar-refractivity contribution in [2.24, 2.45) is 0 Å². The van der Waals surface area contributed by atoms with Crippen molar-refractivity contribution in [3.8, 4) is 0 Å². The molecule has 148 valence electrons. The number of pyridine rings is 2. The van der Waals surface area contributed by atoms with Gasteiger partial charge in [-0.2, -0.15) is 0 Å². The summed E-state index contributed by atoms with van der Waals surface area (Å²) >= 11 is 0. The van der Waals surface area contributed by atoms with Gasteiger partial charge in [0.15, 0.2) is 0 Å². The Hall–Kier alpha value is -4.06. The van der Waals surface area contributed by atoms with Crippen molar-refractivity contribution in [1.29, 1.82) is 0 Å². The molecule has 0 spiro atoms. The maximum Gasteiger partial charge on any atom is 0.274 e. The molecule has 0 saturated heterocycles. The summed E-state index contributed by atoms with van der Waals surface area (Å²) in [6.45, 7) is 2.41. The highest BCUT2D eigenvalue weighted by atomic mass is 16.2. The van der Waals surface area contributed by atoms with Gasteiger partial charge in [-0.15, -0.1) is 0 Å². The van der Waals surface area contributed by atoms with Gasteiger partial charge in [-0.05, 0) is 42.3 Å². The zero-order chi connectivity index (χ0) is 20.9. The van der Waals surface area contributed by atoms with E-state index in [0.717, 1.165) is 16.5 Å². The number of para-hydroxylation sites is 1. The third-order valence-corrected chi connectivity index (χ3v) is 4.84. The largest absolute Gasteiger partial charge is 0.348 e. The minimum absolute atomic E-state index is 0.159. The second kappa shape index (κ2) is 8.53. The summed E-state index contributed by atoms with van der Waals surface area (Å²) in [6, 6.07) is 20.3. The van der Waals surface area contributed by atoms with Gasteiger partial charge in [0.2, 0.25) is 0 Å². The van der Waals surface area contributed by atoms with Crippen molar-refractivity contribution in [3.63, 3.8) is 0 Å². The van der Waals surface area contributed by atoms with E-state index in [1.54, 1.807) is 18.3 Å². The molecule has 0 aliphatic carbocycles. The van der Waals surface area contributed by atoms with Gasteiger partial charge >= 0.3 is 0 Å². The molecule has 4 aromatic rings. The van der Waals surface area contributed by atoms with E-state index in [0.29, 0.717) is 23.3 Å². The lowest BCUT2D eigenvalue weighted by Gasteiger charge is -2.10. The minimum Gasteiger partial charge on any atom is -0.348 e. The molecule has 0 saturated carbocycles. The van der Waals surface area contributed by atoms with E-state index in [-0.39, 0.29) is 11.6 Å². The molecule has 0 bridgehead atoms. The molecule has 2 aromatic carbocycles. The Balaban J connectivity index is 1.49. The van der Waals surface area contributed by atoms with Crippen LogP contribution in [0.3, 0.4) is 0 Å². The number of carbonyl (C=O) groups excluding carboxylic acids is 2. The molecule has 6 nitrogen and oxygen atoms in total. The van der Waals surface area contributed by atoms with Gasteiger partial charge in [-0.25, -0.2) is 0 Å². The SMILES string of the molecule is Cc1ccccc1CNC(=O)c1ccnc(C(=O)Nc2cccc3cccnc23)c1. The van der Waals surface area contributed by atoms with Gasteiger partial charge in [-0.1, -0.05) is 42.5 Å². The van der Waals surface area contributed by atoms with E-state index in [1.807, 2.05) is 55.5 Å². The summed E-state index contributed by atoms with van der Waals surface area (Å²) in [5.74, 6) is -0.664. The first-order valence-corrected chi connectivity index (χ1v) is 9.56. The van der Waals surface area contributed by atoms with Gasteiger partial charge < -0.3 is 10.6 Å². The van der Waals surface area contributed by atoms with Crippen LogP contribution in [0, 0.1) is 6.92 Å². The molecule has 30 heavy (non-hydrogen) atoms. The molecule has 2 amide bonds. The summed E-state index contributed by atoms with van der Waals surface area (Å²) in [5.41, 5.74) is 3.97. The molecule has 0 radical (unpaired) electrons. The molecular weight excluding hydrogens is 376 g/mol. The number of hydrogen-bond donors (Lipinski definition) is 2. The fraction of sp³-hybridized carbons (Fsp3) is 0.0833. The van der Waals surface area contributed by atoms with Crippen LogP contribution < -0.4 is 10.6 Å². The number of nitrogens with zero attached hydrogens (tertiary/aromatic N) is 2. The molecule has 2 N–H and O–H groups in total. The van der Waals surface area contributed by atoms with Gasteiger partial charge in [0, 0.05) is 29.9 Å². The van der Waals surface area contributed by atoms with Crippen molar-refractivity contribution < 1.29 is 9.59 Å². The Kier molecular flexibility index (Phi) is 5.48. The number of anilines is 1.